The fourth-order valence-electron chi connectivity index (χ4n) is 2.89. The highest BCUT2D eigenvalue weighted by atomic mass is 35.5. The van der Waals surface area contributed by atoms with Gasteiger partial charge in [0.25, 0.3) is 0 Å². The van der Waals surface area contributed by atoms with Gasteiger partial charge in [0.15, 0.2) is 5.82 Å². The average molecular weight is 317 g/mol. The van der Waals surface area contributed by atoms with E-state index in [9.17, 15) is 0 Å². The summed E-state index contributed by atoms with van der Waals surface area (Å²) in [6.07, 6.45) is 0.945. The summed E-state index contributed by atoms with van der Waals surface area (Å²) >= 11 is 6.11. The molecule has 116 valence electrons. The van der Waals surface area contributed by atoms with Gasteiger partial charge >= 0.3 is 0 Å². The Morgan fingerprint density at radius 3 is 2.68 bits per heavy atom. The quantitative estimate of drug-likeness (QED) is 0.945. The first kappa shape index (κ1) is 15.3. The van der Waals surface area contributed by atoms with Gasteiger partial charge in [0.2, 0.25) is 0 Å². The number of hydrogen-bond acceptors (Lipinski definition) is 4. The predicted octanol–water partition coefficient (Wildman–Crippen LogP) is 3.08. The van der Waals surface area contributed by atoms with Crippen molar-refractivity contribution < 1.29 is 0 Å². The van der Waals surface area contributed by atoms with Crippen molar-refractivity contribution in [2.45, 2.75) is 20.3 Å². The number of anilines is 1. The molecule has 5 heteroatoms. The van der Waals surface area contributed by atoms with Gasteiger partial charge in [0, 0.05) is 48.0 Å². The number of piperazine rings is 1. The van der Waals surface area contributed by atoms with Crippen molar-refractivity contribution in [3.05, 3.63) is 40.5 Å². The first-order chi connectivity index (χ1) is 10.7. The molecule has 0 saturated carbocycles. The molecule has 0 unspecified atom stereocenters. The Balaban J connectivity index is 2.07. The van der Waals surface area contributed by atoms with Gasteiger partial charge in [-0.05, 0) is 25.5 Å². The lowest BCUT2D eigenvalue weighted by Gasteiger charge is -2.30. The Labute approximate surface area is 136 Å². The predicted molar refractivity (Wildman–Crippen MR) is 91.7 cm³/mol. The smallest absolute Gasteiger partial charge is 0.161 e. The van der Waals surface area contributed by atoms with E-state index in [0.29, 0.717) is 5.02 Å². The molecule has 1 fully saturated rings. The van der Waals surface area contributed by atoms with Crippen LogP contribution in [-0.2, 0) is 6.42 Å². The van der Waals surface area contributed by atoms with Crippen molar-refractivity contribution in [3.63, 3.8) is 0 Å². The third-order valence-electron chi connectivity index (χ3n) is 4.04. The van der Waals surface area contributed by atoms with Crippen LogP contribution in [0.2, 0.25) is 5.02 Å². The second-order valence-corrected chi connectivity index (χ2v) is 5.97. The fraction of sp³-hybridized carbons (Fsp3) is 0.412. The first-order valence-corrected chi connectivity index (χ1v) is 8.16. The van der Waals surface area contributed by atoms with Crippen molar-refractivity contribution in [2.75, 3.05) is 31.1 Å². The number of hydrogen-bond donors (Lipinski definition) is 1. The molecule has 1 aromatic heterocycles. The summed E-state index contributed by atoms with van der Waals surface area (Å²) in [6.45, 7) is 8.20. The fourth-order valence-corrected chi connectivity index (χ4v) is 3.08. The molecule has 4 nitrogen and oxygen atoms in total. The maximum absolute atomic E-state index is 6.11. The summed E-state index contributed by atoms with van der Waals surface area (Å²) in [5, 5.41) is 4.10. The molecule has 22 heavy (non-hydrogen) atoms. The van der Waals surface area contributed by atoms with Gasteiger partial charge in [-0.3, -0.25) is 0 Å². The largest absolute Gasteiger partial charge is 0.354 e. The average Bonchev–Trinajstić information content (AvgIpc) is 2.55. The van der Waals surface area contributed by atoms with Gasteiger partial charge in [-0.25, -0.2) is 9.97 Å². The molecule has 2 aromatic rings. The minimum absolute atomic E-state index is 0.710. The number of nitrogens with zero attached hydrogens (tertiary/aromatic N) is 3. The Kier molecular flexibility index (Phi) is 4.60. The van der Waals surface area contributed by atoms with Crippen LogP contribution in [-0.4, -0.2) is 36.1 Å². The number of aryl methyl sites for hydroxylation is 1. The number of aromatic nitrogens is 2. The summed E-state index contributed by atoms with van der Waals surface area (Å²) < 4.78 is 0. The van der Waals surface area contributed by atoms with Crippen molar-refractivity contribution in [1.82, 2.24) is 15.3 Å². The van der Waals surface area contributed by atoms with Gasteiger partial charge in [0.1, 0.15) is 5.82 Å². The molecule has 3 rings (SSSR count). The van der Waals surface area contributed by atoms with Crippen LogP contribution in [0.1, 0.15) is 18.2 Å². The summed E-state index contributed by atoms with van der Waals surface area (Å²) in [4.78, 5) is 11.9. The summed E-state index contributed by atoms with van der Waals surface area (Å²) in [6, 6.07) is 7.74. The normalized spacial score (nSPS) is 15.1. The molecule has 1 aliphatic rings. The molecule has 0 amide bonds. The van der Waals surface area contributed by atoms with Crippen molar-refractivity contribution in [2.24, 2.45) is 0 Å². The molecule has 0 atom stereocenters. The van der Waals surface area contributed by atoms with Crippen LogP contribution in [0, 0.1) is 6.92 Å². The van der Waals surface area contributed by atoms with Crippen molar-refractivity contribution >= 4 is 17.4 Å². The highest BCUT2D eigenvalue weighted by Crippen LogP contribution is 2.27. The monoisotopic (exact) mass is 316 g/mol. The van der Waals surface area contributed by atoms with Crippen LogP contribution in [0.15, 0.2) is 24.3 Å². The SMILES string of the molecule is CCc1c(C)nc(-c2cccc(Cl)c2)nc1N1CCNCC1. The van der Waals surface area contributed by atoms with Crippen LogP contribution in [0.3, 0.4) is 0 Å². The van der Waals surface area contributed by atoms with Gasteiger partial charge < -0.3 is 10.2 Å². The Hall–Kier alpha value is -1.65. The maximum atomic E-state index is 6.11. The van der Waals surface area contributed by atoms with E-state index < -0.39 is 0 Å². The number of rotatable bonds is 3. The molecule has 1 N–H and O–H groups in total. The molecule has 0 radical (unpaired) electrons. The highest BCUT2D eigenvalue weighted by Gasteiger charge is 2.19. The molecule has 1 aliphatic heterocycles. The molecule has 1 aromatic carbocycles. The molecular weight excluding hydrogens is 296 g/mol. The van der Waals surface area contributed by atoms with Gasteiger partial charge in [-0.1, -0.05) is 30.7 Å². The van der Waals surface area contributed by atoms with Crippen LogP contribution < -0.4 is 10.2 Å². The molecule has 2 heterocycles. The molecule has 0 spiro atoms. The second-order valence-electron chi connectivity index (χ2n) is 5.54. The van der Waals surface area contributed by atoms with Crippen LogP contribution in [0.25, 0.3) is 11.4 Å². The van der Waals surface area contributed by atoms with Gasteiger partial charge in [0.05, 0.1) is 0 Å². The van der Waals surface area contributed by atoms with Gasteiger partial charge in [-0.2, -0.15) is 0 Å². The molecule has 0 aliphatic carbocycles. The number of halogens is 1. The summed E-state index contributed by atoms with van der Waals surface area (Å²) in [5.74, 6) is 1.83. The minimum Gasteiger partial charge on any atom is -0.354 e. The van der Waals surface area contributed by atoms with E-state index in [1.807, 2.05) is 24.3 Å². The summed E-state index contributed by atoms with van der Waals surface area (Å²) in [7, 11) is 0. The Morgan fingerprint density at radius 1 is 1.23 bits per heavy atom. The van der Waals surface area contributed by atoms with Crippen molar-refractivity contribution in [3.8, 4) is 11.4 Å². The lowest BCUT2D eigenvalue weighted by Crippen LogP contribution is -2.44. The first-order valence-electron chi connectivity index (χ1n) is 7.78. The number of nitrogens with one attached hydrogen (secondary N) is 1. The van der Waals surface area contributed by atoms with E-state index >= 15 is 0 Å². The Morgan fingerprint density at radius 2 is 2.00 bits per heavy atom. The maximum Gasteiger partial charge on any atom is 0.161 e. The molecule has 1 saturated heterocycles. The standard InChI is InChI=1S/C17H21ClN4/c1-3-15-12(2)20-16(13-5-4-6-14(18)11-13)21-17(15)22-9-7-19-8-10-22/h4-6,11,19H,3,7-10H2,1-2H3. The van der Waals surface area contributed by atoms with E-state index in [0.717, 1.165) is 55.5 Å². The zero-order chi connectivity index (χ0) is 15.5. The van der Waals surface area contributed by atoms with E-state index in [4.69, 9.17) is 21.6 Å². The Bertz CT molecular complexity index is 666. The van der Waals surface area contributed by atoms with Crippen LogP contribution in [0.5, 0.6) is 0 Å². The highest BCUT2D eigenvalue weighted by molar-refractivity contribution is 6.30. The third-order valence-corrected chi connectivity index (χ3v) is 4.28. The van der Waals surface area contributed by atoms with Crippen LogP contribution in [0.4, 0.5) is 5.82 Å². The zero-order valence-electron chi connectivity index (χ0n) is 13.1. The van der Waals surface area contributed by atoms with Gasteiger partial charge in [-0.15, -0.1) is 0 Å². The second kappa shape index (κ2) is 6.63. The lowest BCUT2D eigenvalue weighted by atomic mass is 10.1. The third kappa shape index (κ3) is 3.08. The summed E-state index contributed by atoms with van der Waals surface area (Å²) in [5.41, 5.74) is 3.27. The van der Waals surface area contributed by atoms with Crippen LogP contribution >= 0.6 is 11.6 Å². The van der Waals surface area contributed by atoms with E-state index in [-0.39, 0.29) is 0 Å². The molecule has 0 bridgehead atoms. The zero-order valence-corrected chi connectivity index (χ0v) is 13.8. The molecular formula is C17H21ClN4. The number of benzene rings is 1. The van der Waals surface area contributed by atoms with E-state index in [1.54, 1.807) is 0 Å². The lowest BCUT2D eigenvalue weighted by molar-refractivity contribution is 0.582. The van der Waals surface area contributed by atoms with Crippen molar-refractivity contribution in [1.29, 1.82) is 0 Å². The minimum atomic E-state index is 0.710. The van der Waals surface area contributed by atoms with E-state index in [1.165, 1.54) is 5.56 Å². The van der Waals surface area contributed by atoms with E-state index in [2.05, 4.69) is 24.1 Å². The topological polar surface area (TPSA) is 41.1 Å².